The van der Waals surface area contributed by atoms with E-state index in [4.69, 9.17) is 5.21 Å². The van der Waals surface area contributed by atoms with Gasteiger partial charge in [0.25, 0.3) is 0 Å². The lowest BCUT2D eigenvalue weighted by molar-refractivity contribution is 0.316. The van der Waals surface area contributed by atoms with Crippen LogP contribution in [0.25, 0.3) is 0 Å². The van der Waals surface area contributed by atoms with Gasteiger partial charge in [-0.05, 0) is 37.7 Å². The van der Waals surface area contributed by atoms with Crippen LogP contribution in [0.1, 0.15) is 39.0 Å². The summed E-state index contributed by atoms with van der Waals surface area (Å²) in [6, 6.07) is 0. The number of nitrogens with zero attached hydrogens (tertiary/aromatic N) is 1. The SMILES string of the molecule is CC/C=C1/CCCC/C1=N\O. The third-order valence-corrected chi connectivity index (χ3v) is 2.05. The molecule has 0 aliphatic heterocycles. The molecule has 0 spiro atoms. The van der Waals surface area contributed by atoms with Crippen molar-refractivity contribution in [2.45, 2.75) is 39.0 Å². The van der Waals surface area contributed by atoms with E-state index in [1.807, 2.05) is 0 Å². The van der Waals surface area contributed by atoms with Crippen molar-refractivity contribution < 1.29 is 5.21 Å². The number of hydrogen-bond acceptors (Lipinski definition) is 2. The van der Waals surface area contributed by atoms with Crippen molar-refractivity contribution >= 4 is 5.71 Å². The Morgan fingerprint density at radius 3 is 2.82 bits per heavy atom. The van der Waals surface area contributed by atoms with Crippen molar-refractivity contribution in [2.75, 3.05) is 0 Å². The summed E-state index contributed by atoms with van der Waals surface area (Å²) >= 11 is 0. The van der Waals surface area contributed by atoms with E-state index in [-0.39, 0.29) is 0 Å². The average Bonchev–Trinajstić information content (AvgIpc) is 2.06. The Kier molecular flexibility index (Phi) is 3.14. The lowest BCUT2D eigenvalue weighted by Crippen LogP contribution is -2.08. The molecule has 1 N–H and O–H groups in total. The highest BCUT2D eigenvalue weighted by molar-refractivity contribution is 6.00. The highest BCUT2D eigenvalue weighted by Gasteiger charge is 2.12. The summed E-state index contributed by atoms with van der Waals surface area (Å²) in [6.07, 6.45) is 7.64. The second-order valence-electron chi connectivity index (χ2n) is 2.89. The van der Waals surface area contributed by atoms with Gasteiger partial charge in [0.15, 0.2) is 0 Å². The summed E-state index contributed by atoms with van der Waals surface area (Å²) in [5.41, 5.74) is 2.15. The molecule has 0 saturated heterocycles. The minimum absolute atomic E-state index is 0.901. The number of oxime groups is 1. The molecular formula is C9H15NO. The first-order valence-corrected chi connectivity index (χ1v) is 4.28. The van der Waals surface area contributed by atoms with Crippen molar-refractivity contribution in [3.63, 3.8) is 0 Å². The topological polar surface area (TPSA) is 32.6 Å². The molecule has 11 heavy (non-hydrogen) atoms. The quantitative estimate of drug-likeness (QED) is 0.456. The molecule has 0 bridgehead atoms. The largest absolute Gasteiger partial charge is 0.411 e. The van der Waals surface area contributed by atoms with Gasteiger partial charge < -0.3 is 5.21 Å². The van der Waals surface area contributed by atoms with Crippen LogP contribution in [0.15, 0.2) is 16.8 Å². The molecule has 0 aromatic heterocycles. The van der Waals surface area contributed by atoms with Crippen molar-refractivity contribution in [2.24, 2.45) is 5.16 Å². The average molecular weight is 153 g/mol. The standard InChI is InChI=1S/C9H15NO/c1-2-5-8-6-3-4-7-9(8)10-11/h5,11H,2-4,6-7H2,1H3/b8-5-,10-9+. The Bertz CT molecular complexity index is 182. The second-order valence-corrected chi connectivity index (χ2v) is 2.89. The molecule has 1 rings (SSSR count). The van der Waals surface area contributed by atoms with E-state index in [0.717, 1.165) is 25.0 Å². The van der Waals surface area contributed by atoms with Gasteiger partial charge in [0.1, 0.15) is 0 Å². The Morgan fingerprint density at radius 2 is 2.18 bits per heavy atom. The van der Waals surface area contributed by atoms with Crippen LogP contribution in [0, 0.1) is 0 Å². The van der Waals surface area contributed by atoms with E-state index >= 15 is 0 Å². The molecule has 0 amide bonds. The smallest absolute Gasteiger partial charge is 0.0824 e. The van der Waals surface area contributed by atoms with Gasteiger partial charge >= 0.3 is 0 Å². The first kappa shape index (κ1) is 8.31. The Morgan fingerprint density at radius 1 is 1.45 bits per heavy atom. The third kappa shape index (κ3) is 2.07. The van der Waals surface area contributed by atoms with Gasteiger partial charge in [-0.25, -0.2) is 0 Å². The number of allylic oxidation sites excluding steroid dienone is 2. The molecule has 0 unspecified atom stereocenters. The van der Waals surface area contributed by atoms with Crippen LogP contribution in [0.2, 0.25) is 0 Å². The lowest BCUT2D eigenvalue weighted by Gasteiger charge is -2.14. The predicted octanol–water partition coefficient (Wildman–Crippen LogP) is 2.73. The summed E-state index contributed by atoms with van der Waals surface area (Å²) in [6.45, 7) is 2.11. The number of hydrogen-bond donors (Lipinski definition) is 1. The summed E-state index contributed by atoms with van der Waals surface area (Å²) < 4.78 is 0. The minimum atomic E-state index is 0.901. The van der Waals surface area contributed by atoms with Crippen molar-refractivity contribution in [3.05, 3.63) is 11.6 Å². The van der Waals surface area contributed by atoms with Gasteiger partial charge in [-0.1, -0.05) is 18.2 Å². The molecule has 0 aromatic rings. The van der Waals surface area contributed by atoms with Crippen LogP contribution >= 0.6 is 0 Å². The fraction of sp³-hybridized carbons (Fsp3) is 0.667. The molecule has 0 heterocycles. The Labute approximate surface area is 67.6 Å². The van der Waals surface area contributed by atoms with E-state index in [0.29, 0.717) is 0 Å². The van der Waals surface area contributed by atoms with Crippen LogP contribution in [0.5, 0.6) is 0 Å². The zero-order chi connectivity index (χ0) is 8.10. The molecule has 0 aromatic carbocycles. The molecule has 2 heteroatoms. The third-order valence-electron chi connectivity index (χ3n) is 2.05. The van der Waals surface area contributed by atoms with Gasteiger partial charge in [-0.2, -0.15) is 0 Å². The minimum Gasteiger partial charge on any atom is -0.411 e. The van der Waals surface area contributed by atoms with Gasteiger partial charge in [0.2, 0.25) is 0 Å². The predicted molar refractivity (Wildman–Crippen MR) is 46.1 cm³/mol. The van der Waals surface area contributed by atoms with Gasteiger partial charge in [-0.3, -0.25) is 0 Å². The van der Waals surface area contributed by atoms with E-state index in [1.54, 1.807) is 0 Å². The maximum Gasteiger partial charge on any atom is 0.0824 e. The molecule has 1 saturated carbocycles. The second kappa shape index (κ2) is 4.16. The van der Waals surface area contributed by atoms with Gasteiger partial charge in [0.05, 0.1) is 5.71 Å². The lowest BCUT2D eigenvalue weighted by atomic mass is 9.92. The maximum absolute atomic E-state index is 8.64. The first-order valence-electron chi connectivity index (χ1n) is 4.28. The maximum atomic E-state index is 8.64. The normalized spacial score (nSPS) is 26.3. The molecule has 0 atom stereocenters. The molecule has 1 aliphatic rings. The monoisotopic (exact) mass is 153 g/mol. The number of rotatable bonds is 1. The van der Waals surface area contributed by atoms with Crippen LogP contribution in [-0.2, 0) is 0 Å². The summed E-state index contributed by atoms with van der Waals surface area (Å²) in [4.78, 5) is 0. The molecule has 0 radical (unpaired) electrons. The highest BCUT2D eigenvalue weighted by atomic mass is 16.4. The van der Waals surface area contributed by atoms with Crippen molar-refractivity contribution in [1.29, 1.82) is 0 Å². The Hall–Kier alpha value is -0.790. The van der Waals surface area contributed by atoms with E-state index in [2.05, 4.69) is 18.2 Å². The summed E-state index contributed by atoms with van der Waals surface area (Å²) in [5.74, 6) is 0. The highest BCUT2D eigenvalue weighted by Crippen LogP contribution is 2.20. The summed E-state index contributed by atoms with van der Waals surface area (Å²) in [5, 5.41) is 11.9. The van der Waals surface area contributed by atoms with Crippen LogP contribution < -0.4 is 0 Å². The van der Waals surface area contributed by atoms with Gasteiger partial charge in [-0.15, -0.1) is 0 Å². The van der Waals surface area contributed by atoms with Crippen LogP contribution in [-0.4, -0.2) is 10.9 Å². The van der Waals surface area contributed by atoms with Gasteiger partial charge in [0, 0.05) is 0 Å². The summed E-state index contributed by atoms with van der Waals surface area (Å²) in [7, 11) is 0. The molecule has 62 valence electrons. The molecule has 2 nitrogen and oxygen atoms in total. The van der Waals surface area contributed by atoms with E-state index in [1.165, 1.54) is 18.4 Å². The van der Waals surface area contributed by atoms with Crippen LogP contribution in [0.3, 0.4) is 0 Å². The fourth-order valence-electron chi connectivity index (χ4n) is 1.49. The van der Waals surface area contributed by atoms with Crippen molar-refractivity contribution in [3.8, 4) is 0 Å². The van der Waals surface area contributed by atoms with E-state index in [9.17, 15) is 0 Å². The van der Waals surface area contributed by atoms with Crippen molar-refractivity contribution in [1.82, 2.24) is 0 Å². The first-order chi connectivity index (χ1) is 5.38. The zero-order valence-corrected chi connectivity index (χ0v) is 7.01. The van der Waals surface area contributed by atoms with E-state index < -0.39 is 0 Å². The molecule has 1 aliphatic carbocycles. The molecular weight excluding hydrogens is 138 g/mol. The fourth-order valence-corrected chi connectivity index (χ4v) is 1.49. The zero-order valence-electron chi connectivity index (χ0n) is 7.01. The molecule has 1 fully saturated rings. The van der Waals surface area contributed by atoms with Crippen LogP contribution in [0.4, 0.5) is 0 Å². The Balaban J connectivity index is 2.67.